The quantitative estimate of drug-likeness (QED) is 0.758. The molecule has 1 aliphatic heterocycles. The van der Waals surface area contributed by atoms with Gasteiger partial charge in [0.05, 0.1) is 21.3 Å². The molecule has 0 saturated heterocycles. The van der Waals surface area contributed by atoms with Crippen LogP contribution in [0.5, 0.6) is 0 Å². The summed E-state index contributed by atoms with van der Waals surface area (Å²) in [7, 11) is -1.27. The number of carbonyl (C=O) groups excluding carboxylic acids is 2. The minimum absolute atomic E-state index is 0.250. The average Bonchev–Trinajstić information content (AvgIpc) is 2.70. The van der Waals surface area contributed by atoms with Crippen LogP contribution in [-0.2, 0) is 26.8 Å². The van der Waals surface area contributed by atoms with Gasteiger partial charge in [-0.3, -0.25) is 9.00 Å². The summed E-state index contributed by atoms with van der Waals surface area (Å²) in [6.07, 6.45) is 1.82. The summed E-state index contributed by atoms with van der Waals surface area (Å²) in [5.74, 6) is -0.464. The molecule has 1 heterocycles. The van der Waals surface area contributed by atoms with Gasteiger partial charge in [0.15, 0.2) is 6.61 Å². The van der Waals surface area contributed by atoms with Gasteiger partial charge in [-0.25, -0.2) is 4.79 Å². The number of ether oxygens (including phenoxy) is 1. The number of nitrogens with zero attached hydrogens (tertiary/aromatic N) is 1. The van der Waals surface area contributed by atoms with Gasteiger partial charge in [0, 0.05) is 18.0 Å². The lowest BCUT2D eigenvalue weighted by Crippen LogP contribution is -2.38. The molecule has 0 radical (unpaired) electrons. The Hall–Kier alpha value is -2.47. The Morgan fingerprint density at radius 2 is 1.85 bits per heavy atom. The van der Waals surface area contributed by atoms with Crippen molar-refractivity contribution in [3.05, 3.63) is 59.7 Å². The maximum atomic E-state index is 12.6. The van der Waals surface area contributed by atoms with Crippen molar-refractivity contribution < 1.29 is 18.5 Å². The molecule has 3 rings (SSSR count). The molecule has 1 aliphatic rings. The molecule has 26 heavy (non-hydrogen) atoms. The number of esters is 1. The van der Waals surface area contributed by atoms with Gasteiger partial charge in [-0.1, -0.05) is 37.3 Å². The summed E-state index contributed by atoms with van der Waals surface area (Å²) in [6, 6.07) is 14.4. The molecule has 2 aromatic carbocycles. The molecular formula is C20H21NO4S. The van der Waals surface area contributed by atoms with E-state index in [-0.39, 0.29) is 18.1 Å². The highest BCUT2D eigenvalue weighted by molar-refractivity contribution is 7.85. The van der Waals surface area contributed by atoms with Crippen molar-refractivity contribution in [1.82, 2.24) is 0 Å². The third kappa shape index (κ3) is 3.85. The summed E-state index contributed by atoms with van der Waals surface area (Å²) < 4.78 is 17.3. The van der Waals surface area contributed by atoms with E-state index >= 15 is 0 Å². The van der Waals surface area contributed by atoms with Gasteiger partial charge in [0.2, 0.25) is 0 Å². The first-order chi connectivity index (χ1) is 12.6. The van der Waals surface area contributed by atoms with Crippen LogP contribution in [0.1, 0.15) is 29.3 Å². The maximum Gasteiger partial charge on any atom is 0.339 e. The number of hydrogen-bond donors (Lipinski definition) is 0. The number of benzene rings is 2. The van der Waals surface area contributed by atoms with Crippen molar-refractivity contribution in [2.24, 2.45) is 0 Å². The van der Waals surface area contributed by atoms with Crippen LogP contribution in [0.2, 0.25) is 0 Å². The Balaban J connectivity index is 1.70. The highest BCUT2D eigenvalue weighted by Crippen LogP contribution is 2.26. The predicted octanol–water partition coefficient (Wildman–Crippen LogP) is 2.95. The molecule has 1 amide bonds. The molecule has 5 nitrogen and oxygen atoms in total. The third-order valence-corrected chi connectivity index (χ3v) is 5.72. The molecule has 0 saturated carbocycles. The second kappa shape index (κ2) is 8.27. The van der Waals surface area contributed by atoms with E-state index in [1.807, 2.05) is 24.3 Å². The van der Waals surface area contributed by atoms with E-state index in [4.69, 9.17) is 4.74 Å². The number of fused-ring (bicyclic) bond motifs is 1. The lowest BCUT2D eigenvalue weighted by atomic mass is 10.0. The molecule has 136 valence electrons. The molecule has 1 atom stereocenters. The van der Waals surface area contributed by atoms with E-state index in [2.05, 4.69) is 0 Å². The van der Waals surface area contributed by atoms with Gasteiger partial charge < -0.3 is 9.64 Å². The van der Waals surface area contributed by atoms with E-state index < -0.39 is 16.8 Å². The summed E-state index contributed by atoms with van der Waals surface area (Å²) in [5.41, 5.74) is 2.26. The first kappa shape index (κ1) is 18.3. The van der Waals surface area contributed by atoms with Gasteiger partial charge in [-0.05, 0) is 36.6 Å². The van der Waals surface area contributed by atoms with Crippen LogP contribution >= 0.6 is 0 Å². The van der Waals surface area contributed by atoms with Crippen molar-refractivity contribution in [3.8, 4) is 0 Å². The van der Waals surface area contributed by atoms with Crippen LogP contribution < -0.4 is 4.90 Å². The van der Waals surface area contributed by atoms with Crippen LogP contribution in [0.4, 0.5) is 5.69 Å². The van der Waals surface area contributed by atoms with E-state index in [0.29, 0.717) is 17.2 Å². The SMILES string of the molecule is CC[S@](=O)c1ccccc1C(=O)OCC(=O)N1CCCc2ccccc21. The molecular weight excluding hydrogens is 350 g/mol. The van der Waals surface area contributed by atoms with Crippen molar-refractivity contribution in [3.63, 3.8) is 0 Å². The van der Waals surface area contributed by atoms with Crippen molar-refractivity contribution in [2.45, 2.75) is 24.7 Å². The molecule has 0 bridgehead atoms. The van der Waals surface area contributed by atoms with E-state index in [9.17, 15) is 13.8 Å². The summed E-state index contributed by atoms with van der Waals surface area (Å²) >= 11 is 0. The van der Waals surface area contributed by atoms with Crippen LogP contribution in [0.3, 0.4) is 0 Å². The lowest BCUT2D eigenvalue weighted by Gasteiger charge is -2.29. The number of rotatable bonds is 5. The smallest absolute Gasteiger partial charge is 0.339 e. The zero-order valence-electron chi connectivity index (χ0n) is 14.6. The zero-order chi connectivity index (χ0) is 18.5. The van der Waals surface area contributed by atoms with Gasteiger partial charge in [0.1, 0.15) is 0 Å². The number of aryl methyl sites for hydroxylation is 1. The van der Waals surface area contributed by atoms with Gasteiger partial charge >= 0.3 is 5.97 Å². The highest BCUT2D eigenvalue weighted by Gasteiger charge is 2.24. The second-order valence-electron chi connectivity index (χ2n) is 5.98. The van der Waals surface area contributed by atoms with Gasteiger partial charge in [0.25, 0.3) is 5.91 Å². The normalized spacial score (nSPS) is 14.4. The highest BCUT2D eigenvalue weighted by atomic mass is 32.2. The number of hydrogen-bond acceptors (Lipinski definition) is 4. The van der Waals surface area contributed by atoms with E-state index in [1.54, 1.807) is 36.1 Å². The van der Waals surface area contributed by atoms with E-state index in [0.717, 1.165) is 24.1 Å². The fourth-order valence-electron chi connectivity index (χ4n) is 3.06. The molecule has 0 aliphatic carbocycles. The van der Waals surface area contributed by atoms with Crippen molar-refractivity contribution in [2.75, 3.05) is 23.8 Å². The fraction of sp³-hybridized carbons (Fsp3) is 0.300. The number of carbonyl (C=O) groups is 2. The molecule has 2 aromatic rings. The van der Waals surface area contributed by atoms with E-state index in [1.165, 1.54) is 0 Å². The standard InChI is InChI=1S/C20H21NO4S/c1-2-26(24)18-12-6-4-10-16(18)20(23)25-14-19(22)21-13-7-9-15-8-3-5-11-17(15)21/h3-6,8,10-12H,2,7,9,13-14H2,1H3/t26-/m0/s1. The minimum Gasteiger partial charge on any atom is -0.452 e. The first-order valence-electron chi connectivity index (χ1n) is 8.64. The Labute approximate surface area is 155 Å². The Kier molecular flexibility index (Phi) is 5.83. The van der Waals surface area contributed by atoms with Gasteiger partial charge in [-0.15, -0.1) is 0 Å². The maximum absolute atomic E-state index is 12.6. The lowest BCUT2D eigenvalue weighted by molar-refractivity contribution is -0.121. The largest absolute Gasteiger partial charge is 0.452 e. The first-order valence-corrected chi connectivity index (χ1v) is 9.96. The van der Waals surface area contributed by atoms with Crippen molar-refractivity contribution in [1.29, 1.82) is 0 Å². The minimum atomic E-state index is -1.27. The molecule has 0 unspecified atom stereocenters. The molecule has 0 N–H and O–H groups in total. The summed E-state index contributed by atoms with van der Waals surface area (Å²) in [4.78, 5) is 27.1. The van der Waals surface area contributed by atoms with Crippen LogP contribution in [0, 0.1) is 0 Å². The zero-order valence-corrected chi connectivity index (χ0v) is 15.5. The second-order valence-corrected chi connectivity index (χ2v) is 7.69. The van der Waals surface area contributed by atoms with Crippen molar-refractivity contribution >= 4 is 28.4 Å². The molecule has 0 fully saturated rings. The average molecular weight is 371 g/mol. The van der Waals surface area contributed by atoms with Crippen LogP contribution in [-0.4, -0.2) is 35.0 Å². The Morgan fingerprint density at radius 1 is 1.12 bits per heavy atom. The monoisotopic (exact) mass is 371 g/mol. The Bertz CT molecular complexity index is 849. The number of anilines is 1. The number of amides is 1. The topological polar surface area (TPSA) is 63.7 Å². The molecule has 0 aromatic heterocycles. The summed E-state index contributed by atoms with van der Waals surface area (Å²) in [5, 5.41) is 0. The van der Waals surface area contributed by atoms with Crippen LogP contribution in [0.15, 0.2) is 53.4 Å². The number of para-hydroxylation sites is 1. The van der Waals surface area contributed by atoms with Crippen LogP contribution in [0.25, 0.3) is 0 Å². The third-order valence-electron chi connectivity index (χ3n) is 4.35. The molecule has 6 heteroatoms. The van der Waals surface area contributed by atoms with Gasteiger partial charge in [-0.2, -0.15) is 0 Å². The molecule has 0 spiro atoms. The summed E-state index contributed by atoms with van der Waals surface area (Å²) in [6.45, 7) is 2.07. The predicted molar refractivity (Wildman–Crippen MR) is 101 cm³/mol. The fourth-order valence-corrected chi connectivity index (χ4v) is 4.00. The Morgan fingerprint density at radius 3 is 2.65 bits per heavy atom.